The maximum Gasteiger partial charge on any atom is 0.238 e. The maximum atomic E-state index is 12.2. The van der Waals surface area contributed by atoms with E-state index in [9.17, 15) is 4.79 Å². The van der Waals surface area contributed by atoms with Crippen molar-refractivity contribution in [3.8, 4) is 0 Å². The lowest BCUT2D eigenvalue weighted by Crippen LogP contribution is -2.42. The molecule has 4 heteroatoms. The SMILES string of the molecule is Cc1c(Cl)cccc1NC(=O)CN1C[C@H](C)C[C@@H](C)C1. The number of nitrogens with one attached hydrogen (secondary N) is 1. The molecule has 1 aliphatic heterocycles. The fraction of sp³-hybridized carbons (Fsp3) is 0.562. The molecular weight excluding hydrogens is 272 g/mol. The molecule has 0 aromatic heterocycles. The fourth-order valence-corrected chi connectivity index (χ4v) is 3.23. The summed E-state index contributed by atoms with van der Waals surface area (Å²) in [7, 11) is 0. The van der Waals surface area contributed by atoms with Crippen molar-refractivity contribution >= 4 is 23.2 Å². The molecule has 1 heterocycles. The Morgan fingerprint density at radius 1 is 1.35 bits per heavy atom. The second-order valence-electron chi connectivity index (χ2n) is 6.10. The van der Waals surface area contributed by atoms with Gasteiger partial charge in [0.1, 0.15) is 0 Å². The molecule has 0 unspecified atom stereocenters. The topological polar surface area (TPSA) is 32.3 Å². The van der Waals surface area contributed by atoms with Crippen LogP contribution in [0, 0.1) is 18.8 Å². The van der Waals surface area contributed by atoms with Crippen molar-refractivity contribution in [1.29, 1.82) is 0 Å². The van der Waals surface area contributed by atoms with Crippen LogP contribution in [0.15, 0.2) is 18.2 Å². The average Bonchev–Trinajstić information content (AvgIpc) is 2.33. The third kappa shape index (κ3) is 3.97. The van der Waals surface area contributed by atoms with Crippen LogP contribution in [0.4, 0.5) is 5.69 Å². The van der Waals surface area contributed by atoms with Gasteiger partial charge >= 0.3 is 0 Å². The standard InChI is InChI=1S/C16H23ClN2O/c1-11-7-12(2)9-19(8-11)10-16(20)18-15-6-4-5-14(17)13(15)3/h4-6,11-12H,7-10H2,1-3H3,(H,18,20)/t11-,12-/m1/s1. The van der Waals surface area contributed by atoms with Crippen molar-refractivity contribution in [2.45, 2.75) is 27.2 Å². The Bertz CT molecular complexity index is 479. The van der Waals surface area contributed by atoms with Crippen molar-refractivity contribution in [3.63, 3.8) is 0 Å². The number of benzene rings is 1. The highest BCUT2D eigenvalue weighted by Crippen LogP contribution is 2.23. The highest BCUT2D eigenvalue weighted by atomic mass is 35.5. The molecular formula is C16H23ClN2O. The number of carbonyl (C=O) groups excluding carboxylic acids is 1. The monoisotopic (exact) mass is 294 g/mol. The number of likely N-dealkylation sites (tertiary alicyclic amines) is 1. The highest BCUT2D eigenvalue weighted by molar-refractivity contribution is 6.31. The van der Waals surface area contributed by atoms with Crippen LogP contribution in [-0.2, 0) is 4.79 Å². The van der Waals surface area contributed by atoms with E-state index in [1.165, 1.54) is 6.42 Å². The zero-order valence-corrected chi connectivity index (χ0v) is 13.2. The van der Waals surface area contributed by atoms with E-state index in [2.05, 4.69) is 24.1 Å². The summed E-state index contributed by atoms with van der Waals surface area (Å²) in [5.74, 6) is 1.37. The summed E-state index contributed by atoms with van der Waals surface area (Å²) in [6.07, 6.45) is 1.26. The summed E-state index contributed by atoms with van der Waals surface area (Å²) >= 11 is 6.07. The number of nitrogens with zero attached hydrogens (tertiary/aromatic N) is 1. The Kier molecular flexibility index (Phi) is 5.06. The first kappa shape index (κ1) is 15.3. The van der Waals surface area contributed by atoms with Gasteiger partial charge in [-0.2, -0.15) is 0 Å². The first-order valence-electron chi connectivity index (χ1n) is 7.23. The van der Waals surface area contributed by atoms with Gasteiger partial charge in [-0.1, -0.05) is 31.5 Å². The number of halogens is 1. The van der Waals surface area contributed by atoms with Gasteiger partial charge in [-0.15, -0.1) is 0 Å². The lowest BCUT2D eigenvalue weighted by molar-refractivity contribution is -0.117. The second-order valence-corrected chi connectivity index (χ2v) is 6.51. The van der Waals surface area contributed by atoms with E-state index in [0.29, 0.717) is 23.4 Å². The van der Waals surface area contributed by atoms with E-state index >= 15 is 0 Å². The van der Waals surface area contributed by atoms with E-state index in [1.54, 1.807) is 0 Å². The smallest absolute Gasteiger partial charge is 0.238 e. The first-order chi connectivity index (χ1) is 9.45. The van der Waals surface area contributed by atoms with Gasteiger partial charge in [0, 0.05) is 23.8 Å². The minimum Gasteiger partial charge on any atom is -0.325 e. The van der Waals surface area contributed by atoms with E-state index in [-0.39, 0.29) is 5.91 Å². The van der Waals surface area contributed by atoms with Crippen LogP contribution in [0.2, 0.25) is 5.02 Å². The van der Waals surface area contributed by atoms with Gasteiger partial charge < -0.3 is 5.32 Å². The molecule has 110 valence electrons. The largest absolute Gasteiger partial charge is 0.325 e. The van der Waals surface area contributed by atoms with Crippen molar-refractivity contribution in [2.24, 2.45) is 11.8 Å². The normalized spacial score (nSPS) is 23.6. The fourth-order valence-electron chi connectivity index (χ4n) is 3.06. The Labute approximate surface area is 126 Å². The molecule has 0 aliphatic carbocycles. The van der Waals surface area contributed by atoms with Gasteiger partial charge in [0.2, 0.25) is 5.91 Å². The summed E-state index contributed by atoms with van der Waals surface area (Å²) in [6, 6.07) is 5.58. The summed E-state index contributed by atoms with van der Waals surface area (Å²) in [5.41, 5.74) is 1.73. The number of piperidine rings is 1. The minimum absolute atomic E-state index is 0.0386. The van der Waals surface area contributed by atoms with E-state index in [1.807, 2.05) is 25.1 Å². The van der Waals surface area contributed by atoms with Crippen LogP contribution in [-0.4, -0.2) is 30.4 Å². The molecule has 0 radical (unpaired) electrons. The van der Waals surface area contributed by atoms with Crippen LogP contribution in [0.1, 0.15) is 25.8 Å². The molecule has 1 aromatic carbocycles. The van der Waals surface area contributed by atoms with Gasteiger partial charge in [-0.25, -0.2) is 0 Å². The molecule has 1 aromatic rings. The van der Waals surface area contributed by atoms with Crippen molar-refractivity contribution < 1.29 is 4.79 Å². The lowest BCUT2D eigenvalue weighted by Gasteiger charge is -2.34. The van der Waals surface area contributed by atoms with Gasteiger partial charge in [-0.3, -0.25) is 9.69 Å². The van der Waals surface area contributed by atoms with Crippen LogP contribution in [0.25, 0.3) is 0 Å². The first-order valence-corrected chi connectivity index (χ1v) is 7.61. The molecule has 2 atom stereocenters. The molecule has 0 saturated carbocycles. The number of hydrogen-bond donors (Lipinski definition) is 1. The molecule has 1 amide bonds. The zero-order chi connectivity index (χ0) is 14.7. The summed E-state index contributed by atoms with van der Waals surface area (Å²) in [6.45, 7) is 8.89. The van der Waals surface area contributed by atoms with Crippen LogP contribution in [0.3, 0.4) is 0 Å². The molecule has 1 aliphatic rings. The van der Waals surface area contributed by atoms with Gasteiger partial charge in [0.25, 0.3) is 0 Å². The third-order valence-corrected chi connectivity index (χ3v) is 4.26. The molecule has 1 saturated heterocycles. The van der Waals surface area contributed by atoms with Crippen LogP contribution < -0.4 is 5.32 Å². The lowest BCUT2D eigenvalue weighted by atomic mass is 9.92. The van der Waals surface area contributed by atoms with Crippen LogP contribution >= 0.6 is 11.6 Å². The number of anilines is 1. The van der Waals surface area contributed by atoms with Crippen molar-refractivity contribution in [3.05, 3.63) is 28.8 Å². The Morgan fingerprint density at radius 3 is 2.65 bits per heavy atom. The Morgan fingerprint density at radius 2 is 2.00 bits per heavy atom. The predicted octanol–water partition coefficient (Wildman–Crippen LogP) is 3.56. The molecule has 1 fully saturated rings. The highest BCUT2D eigenvalue weighted by Gasteiger charge is 2.23. The number of carbonyl (C=O) groups is 1. The third-order valence-electron chi connectivity index (χ3n) is 3.85. The summed E-state index contributed by atoms with van der Waals surface area (Å²) in [5, 5.41) is 3.65. The van der Waals surface area contributed by atoms with Gasteiger partial charge in [0.05, 0.1) is 6.54 Å². The molecule has 0 spiro atoms. The van der Waals surface area contributed by atoms with Gasteiger partial charge in [0.15, 0.2) is 0 Å². The average molecular weight is 295 g/mol. The zero-order valence-electron chi connectivity index (χ0n) is 12.4. The Hall–Kier alpha value is -1.06. The summed E-state index contributed by atoms with van der Waals surface area (Å²) in [4.78, 5) is 14.4. The number of hydrogen-bond acceptors (Lipinski definition) is 2. The quantitative estimate of drug-likeness (QED) is 0.924. The van der Waals surface area contributed by atoms with E-state index in [0.717, 1.165) is 24.3 Å². The Balaban J connectivity index is 1.94. The minimum atomic E-state index is 0.0386. The van der Waals surface area contributed by atoms with Gasteiger partial charge in [-0.05, 0) is 42.9 Å². The van der Waals surface area contributed by atoms with E-state index in [4.69, 9.17) is 11.6 Å². The maximum absolute atomic E-state index is 12.2. The number of amides is 1. The number of rotatable bonds is 3. The molecule has 3 nitrogen and oxygen atoms in total. The molecule has 1 N–H and O–H groups in total. The molecule has 20 heavy (non-hydrogen) atoms. The summed E-state index contributed by atoms with van der Waals surface area (Å²) < 4.78 is 0. The second kappa shape index (κ2) is 6.59. The van der Waals surface area contributed by atoms with Crippen molar-refractivity contribution in [1.82, 2.24) is 4.90 Å². The predicted molar refractivity (Wildman–Crippen MR) is 84.2 cm³/mol. The van der Waals surface area contributed by atoms with Crippen LogP contribution in [0.5, 0.6) is 0 Å². The molecule has 2 rings (SSSR count). The molecule has 0 bridgehead atoms. The van der Waals surface area contributed by atoms with E-state index < -0.39 is 0 Å². The van der Waals surface area contributed by atoms with Crippen molar-refractivity contribution in [2.75, 3.05) is 25.0 Å².